The van der Waals surface area contributed by atoms with Crippen LogP contribution in [0, 0.1) is 11.3 Å². The lowest BCUT2D eigenvalue weighted by Gasteiger charge is -2.48. The molecule has 206 valence electrons. The molecular formula is C27H34N8O3S. The minimum atomic E-state index is -3.70. The molecule has 0 radical (unpaired) electrons. The Morgan fingerprint density at radius 3 is 2.49 bits per heavy atom. The summed E-state index contributed by atoms with van der Waals surface area (Å²) in [7, 11) is -2.16. The van der Waals surface area contributed by atoms with E-state index >= 15 is 0 Å². The molecule has 1 amide bonds. The van der Waals surface area contributed by atoms with Crippen LogP contribution in [0.3, 0.4) is 0 Å². The number of carbonyl (C=O) groups excluding carboxylic acids is 1. The van der Waals surface area contributed by atoms with Gasteiger partial charge in [-0.3, -0.25) is 4.79 Å². The molecule has 0 N–H and O–H groups in total. The molecule has 3 fully saturated rings. The summed E-state index contributed by atoms with van der Waals surface area (Å²) in [6.45, 7) is 7.66. The van der Waals surface area contributed by atoms with Crippen molar-refractivity contribution in [3.63, 3.8) is 0 Å². The third-order valence-electron chi connectivity index (χ3n) is 9.37. The molecule has 1 saturated carbocycles. The van der Waals surface area contributed by atoms with E-state index in [2.05, 4.69) is 27.8 Å². The summed E-state index contributed by atoms with van der Waals surface area (Å²) in [5.41, 5.74) is 1.59. The number of hydrogen-bond donors (Lipinski definition) is 0. The first-order valence-corrected chi connectivity index (χ1v) is 15.0. The van der Waals surface area contributed by atoms with Crippen LogP contribution in [0.5, 0.6) is 0 Å². The maximum atomic E-state index is 13.7. The Morgan fingerprint density at radius 1 is 1.10 bits per heavy atom. The minimum Gasteiger partial charge on any atom is -0.350 e. The summed E-state index contributed by atoms with van der Waals surface area (Å²) in [4.78, 5) is 33.9. The number of anilines is 3. The smallest absolute Gasteiger partial charge is 0.245 e. The maximum Gasteiger partial charge on any atom is 0.245 e. The van der Waals surface area contributed by atoms with Gasteiger partial charge in [-0.1, -0.05) is 6.42 Å². The number of nitriles is 1. The number of fused-ring (bicyclic) bond motifs is 2. The van der Waals surface area contributed by atoms with Gasteiger partial charge < -0.3 is 14.7 Å². The van der Waals surface area contributed by atoms with Gasteiger partial charge in [-0.2, -0.15) is 5.26 Å². The quantitative estimate of drug-likeness (QED) is 0.565. The van der Waals surface area contributed by atoms with E-state index < -0.39 is 14.8 Å². The highest BCUT2D eigenvalue weighted by Crippen LogP contribution is 2.56. The van der Waals surface area contributed by atoms with E-state index in [0.717, 1.165) is 43.0 Å². The lowest BCUT2D eigenvalue weighted by Crippen LogP contribution is -2.63. The van der Waals surface area contributed by atoms with Crippen molar-refractivity contribution in [1.82, 2.24) is 24.2 Å². The fourth-order valence-electron chi connectivity index (χ4n) is 6.75. The van der Waals surface area contributed by atoms with Gasteiger partial charge >= 0.3 is 0 Å². The van der Waals surface area contributed by atoms with Gasteiger partial charge in [0.25, 0.3) is 0 Å². The number of nitrogens with zero attached hydrogens (tertiary/aromatic N) is 8. The first-order chi connectivity index (χ1) is 18.5. The van der Waals surface area contributed by atoms with Crippen molar-refractivity contribution in [1.29, 1.82) is 5.26 Å². The number of pyridine rings is 1. The molecule has 5 heterocycles. The monoisotopic (exact) mass is 550 g/mol. The normalized spacial score (nSPS) is 29.3. The highest BCUT2D eigenvalue weighted by Gasteiger charge is 2.56. The molecule has 11 nitrogen and oxygen atoms in total. The second-order valence-electron chi connectivity index (χ2n) is 11.7. The Morgan fingerprint density at radius 2 is 1.85 bits per heavy atom. The molecule has 2 aromatic heterocycles. The summed E-state index contributed by atoms with van der Waals surface area (Å²) < 4.78 is 25.9. The number of rotatable bonds is 3. The van der Waals surface area contributed by atoms with Crippen LogP contribution in [0.1, 0.15) is 57.6 Å². The fraction of sp³-hybridized carbons (Fsp3) is 0.593. The second-order valence-corrected chi connectivity index (χ2v) is 14.2. The van der Waals surface area contributed by atoms with E-state index in [9.17, 15) is 18.5 Å². The predicted octanol–water partition coefficient (Wildman–Crippen LogP) is 2.17. The van der Waals surface area contributed by atoms with E-state index in [1.54, 1.807) is 43.5 Å². The van der Waals surface area contributed by atoms with Gasteiger partial charge in [0.2, 0.25) is 15.9 Å². The molecule has 1 aliphatic carbocycles. The second kappa shape index (κ2) is 8.86. The molecule has 12 heteroatoms. The predicted molar refractivity (Wildman–Crippen MR) is 146 cm³/mol. The van der Waals surface area contributed by atoms with Crippen molar-refractivity contribution in [2.24, 2.45) is 0 Å². The molecule has 6 rings (SSSR count). The Labute approximate surface area is 229 Å². The van der Waals surface area contributed by atoms with Crippen molar-refractivity contribution in [2.45, 2.75) is 68.7 Å². The molecule has 0 aromatic carbocycles. The zero-order valence-electron chi connectivity index (χ0n) is 22.8. The Kier molecular flexibility index (Phi) is 5.89. The average molecular weight is 551 g/mol. The first kappa shape index (κ1) is 26.0. The van der Waals surface area contributed by atoms with Crippen LogP contribution in [0.25, 0.3) is 0 Å². The number of piperazine rings is 1. The molecule has 0 bridgehead atoms. The zero-order valence-corrected chi connectivity index (χ0v) is 23.6. The van der Waals surface area contributed by atoms with Crippen LogP contribution in [0.2, 0.25) is 0 Å². The highest BCUT2D eigenvalue weighted by atomic mass is 32.2. The Bertz CT molecular complexity index is 1490. The Hall–Kier alpha value is -3.30. The van der Waals surface area contributed by atoms with Crippen LogP contribution in [0.4, 0.5) is 17.5 Å². The Balaban J connectivity index is 1.33. The van der Waals surface area contributed by atoms with Gasteiger partial charge in [-0.05, 0) is 52.2 Å². The largest absolute Gasteiger partial charge is 0.350 e. The maximum absolute atomic E-state index is 13.7. The highest BCUT2D eigenvalue weighted by molar-refractivity contribution is 7.91. The van der Waals surface area contributed by atoms with Crippen molar-refractivity contribution >= 4 is 33.4 Å². The van der Waals surface area contributed by atoms with Gasteiger partial charge in [0.05, 0.1) is 11.6 Å². The van der Waals surface area contributed by atoms with Gasteiger partial charge in [0, 0.05) is 62.5 Å². The summed E-state index contributed by atoms with van der Waals surface area (Å²) in [6.07, 6.45) is 6.73. The van der Waals surface area contributed by atoms with E-state index in [4.69, 9.17) is 9.97 Å². The number of carbonyl (C=O) groups is 1. The topological polar surface area (TPSA) is 127 Å². The first-order valence-electron chi connectivity index (χ1n) is 13.6. The molecule has 0 unspecified atom stereocenters. The number of aromatic nitrogens is 3. The summed E-state index contributed by atoms with van der Waals surface area (Å²) in [5, 5.41) is 9.42. The van der Waals surface area contributed by atoms with Crippen molar-refractivity contribution in [3.8, 4) is 6.07 Å². The number of amides is 1. The van der Waals surface area contributed by atoms with E-state index in [0.29, 0.717) is 37.4 Å². The van der Waals surface area contributed by atoms with E-state index in [1.807, 2.05) is 6.92 Å². The van der Waals surface area contributed by atoms with Gasteiger partial charge in [-0.25, -0.2) is 27.7 Å². The summed E-state index contributed by atoms with van der Waals surface area (Å²) >= 11 is 0. The molecule has 3 aliphatic heterocycles. The van der Waals surface area contributed by atoms with Crippen LogP contribution < -0.4 is 9.80 Å². The third kappa shape index (κ3) is 3.66. The van der Waals surface area contributed by atoms with Crippen molar-refractivity contribution in [2.75, 3.05) is 43.0 Å². The summed E-state index contributed by atoms with van der Waals surface area (Å²) in [6, 6.07) is 5.44. The van der Waals surface area contributed by atoms with Crippen molar-refractivity contribution in [3.05, 3.63) is 35.8 Å². The molecule has 3 atom stereocenters. The minimum absolute atomic E-state index is 0.0687. The summed E-state index contributed by atoms with van der Waals surface area (Å²) in [5.74, 6) is 2.10. The lowest BCUT2D eigenvalue weighted by atomic mass is 9.66. The molecule has 4 aliphatic rings. The number of hydrogen-bond acceptors (Lipinski definition) is 9. The SMILES string of the molecule is C[C@@H]1CN(c2ncnc3c2C2(CCC2)CN3c2cc(C#N)ccn2)[C@@H](C)CN1C(=O)[C@@]1(C)CCN(C)S1(=O)=O. The molecule has 39 heavy (non-hydrogen) atoms. The van der Waals surface area contributed by atoms with Crippen LogP contribution in [-0.2, 0) is 20.2 Å². The van der Waals surface area contributed by atoms with Gasteiger partial charge in [0.1, 0.15) is 23.8 Å². The van der Waals surface area contributed by atoms with Gasteiger partial charge in [-0.15, -0.1) is 0 Å². The zero-order chi connectivity index (χ0) is 27.7. The number of sulfonamides is 1. The molecule has 1 spiro atoms. The average Bonchev–Trinajstić information content (AvgIpc) is 3.38. The van der Waals surface area contributed by atoms with Crippen molar-refractivity contribution < 1.29 is 13.2 Å². The molecular weight excluding hydrogens is 516 g/mol. The van der Waals surface area contributed by atoms with Crippen LogP contribution in [-0.4, -0.2) is 88.5 Å². The molecule has 2 aromatic rings. The fourth-order valence-corrected chi connectivity index (χ4v) is 8.45. The van der Waals surface area contributed by atoms with Gasteiger partial charge in [0.15, 0.2) is 4.75 Å². The van der Waals surface area contributed by atoms with Crippen LogP contribution in [0.15, 0.2) is 24.7 Å². The molecule has 2 saturated heterocycles. The van der Waals surface area contributed by atoms with E-state index in [1.165, 1.54) is 4.31 Å². The standard InChI is InChI=1S/C27H34N8O3S/c1-18-15-34(25(36)26(3)9-11-32(4)39(26,37)38)19(2)14-33(18)23-22-24(31-17-30-23)35(16-27(22)7-5-8-27)21-12-20(13-28)6-10-29-21/h6,10,12,17-19H,5,7-9,11,14-16H2,1-4H3/t18-,19+,26+/m0/s1. The van der Waals surface area contributed by atoms with Crippen LogP contribution >= 0.6 is 0 Å². The van der Waals surface area contributed by atoms with E-state index in [-0.39, 0.29) is 23.4 Å². The third-order valence-corrected chi connectivity index (χ3v) is 11.9. The lowest BCUT2D eigenvalue weighted by molar-refractivity contribution is -0.136.